The van der Waals surface area contributed by atoms with Crippen LogP contribution in [0.2, 0.25) is 0 Å². The highest BCUT2D eigenvalue weighted by molar-refractivity contribution is 5.72. The highest BCUT2D eigenvalue weighted by Crippen LogP contribution is 2.65. The van der Waals surface area contributed by atoms with Crippen LogP contribution in [-0.4, -0.2) is 58.5 Å². The van der Waals surface area contributed by atoms with Gasteiger partial charge < -0.3 is 24.6 Å². The van der Waals surface area contributed by atoms with Crippen LogP contribution in [0.15, 0.2) is 12.1 Å². The second-order valence-corrected chi connectivity index (χ2v) is 8.01. The number of esters is 1. The predicted octanol–water partition coefficient (Wildman–Crippen LogP) is 0.757. The molecule has 25 heavy (non-hydrogen) atoms. The first-order valence-corrected chi connectivity index (χ1v) is 9.00. The quantitative estimate of drug-likeness (QED) is 0.578. The molecule has 0 amide bonds. The molecule has 4 aliphatic rings. The number of ether oxygens (including phenoxy) is 2. The third kappa shape index (κ3) is 1.68. The molecule has 5 atom stereocenters. The van der Waals surface area contributed by atoms with E-state index >= 15 is 0 Å². The number of benzene rings is 1. The first-order chi connectivity index (χ1) is 11.9. The number of likely N-dealkylation sites (N-methyl/N-ethyl adjacent to an activating group) is 1. The first-order valence-electron chi connectivity index (χ1n) is 9.00. The fourth-order valence-corrected chi connectivity index (χ4v) is 5.95. The SMILES string of the molecule is CC(=O)Oc1ccc2c3c1O[C@H]1[C@@H](O)CCC4(O)[C@@H](C2)N(C)CC[C@]314. The Kier molecular flexibility index (Phi) is 2.97. The van der Waals surface area contributed by atoms with Gasteiger partial charge in [-0.05, 0) is 50.9 Å². The molecule has 6 nitrogen and oxygen atoms in total. The topological polar surface area (TPSA) is 79.2 Å². The molecule has 1 saturated heterocycles. The summed E-state index contributed by atoms with van der Waals surface area (Å²) in [5.41, 5.74) is 0.531. The van der Waals surface area contributed by atoms with Crippen molar-refractivity contribution in [2.45, 2.75) is 61.9 Å². The van der Waals surface area contributed by atoms with Crippen LogP contribution < -0.4 is 9.47 Å². The summed E-state index contributed by atoms with van der Waals surface area (Å²) < 4.78 is 11.6. The lowest BCUT2D eigenvalue weighted by atomic mass is 9.49. The average Bonchev–Trinajstić information content (AvgIpc) is 2.91. The van der Waals surface area contributed by atoms with Crippen LogP contribution in [0.3, 0.4) is 0 Å². The smallest absolute Gasteiger partial charge is 0.308 e. The van der Waals surface area contributed by atoms with Gasteiger partial charge >= 0.3 is 5.97 Å². The fourth-order valence-electron chi connectivity index (χ4n) is 5.95. The van der Waals surface area contributed by atoms with Crippen molar-refractivity contribution in [1.29, 1.82) is 0 Å². The number of hydrogen-bond donors (Lipinski definition) is 2. The summed E-state index contributed by atoms with van der Waals surface area (Å²) in [5.74, 6) is 0.530. The van der Waals surface area contributed by atoms with E-state index in [-0.39, 0.29) is 6.04 Å². The number of nitrogens with zero attached hydrogens (tertiary/aromatic N) is 1. The molecular weight excluding hydrogens is 322 g/mol. The Hall–Kier alpha value is -1.63. The third-order valence-electron chi connectivity index (χ3n) is 6.94. The molecule has 2 aliphatic heterocycles. The molecule has 1 aromatic carbocycles. The van der Waals surface area contributed by atoms with Gasteiger partial charge in [0.25, 0.3) is 0 Å². The molecule has 0 radical (unpaired) electrons. The summed E-state index contributed by atoms with van der Waals surface area (Å²) in [7, 11) is 2.06. The monoisotopic (exact) mass is 345 g/mol. The Morgan fingerprint density at radius 3 is 2.96 bits per heavy atom. The molecule has 2 N–H and O–H groups in total. The van der Waals surface area contributed by atoms with E-state index < -0.39 is 29.2 Å². The lowest BCUT2D eigenvalue weighted by Crippen LogP contribution is -2.76. The van der Waals surface area contributed by atoms with Gasteiger partial charge in [0.2, 0.25) is 0 Å². The maximum atomic E-state index is 11.8. The first kappa shape index (κ1) is 15.6. The standard InChI is InChI=1S/C19H23NO5/c1-10(21)24-13-4-3-11-9-14-19(23)6-5-12(22)17-18(19,7-8-20(14)2)15(11)16(13)25-17/h3-4,12,14,17,22-23H,5-9H2,1-2H3/t12-,14+,17-,18-,19?/m0/s1. The van der Waals surface area contributed by atoms with E-state index in [9.17, 15) is 15.0 Å². The highest BCUT2D eigenvalue weighted by atomic mass is 16.6. The molecule has 1 aromatic rings. The average molecular weight is 345 g/mol. The second-order valence-electron chi connectivity index (χ2n) is 8.01. The van der Waals surface area contributed by atoms with Crippen LogP contribution in [0.25, 0.3) is 0 Å². The zero-order valence-electron chi connectivity index (χ0n) is 14.5. The summed E-state index contributed by atoms with van der Waals surface area (Å²) in [5, 5.41) is 22.5. The number of carbonyl (C=O) groups is 1. The highest BCUT2D eigenvalue weighted by Gasteiger charge is 2.72. The minimum atomic E-state index is -0.934. The zero-order chi connectivity index (χ0) is 17.6. The van der Waals surface area contributed by atoms with E-state index in [0.717, 1.165) is 30.5 Å². The fraction of sp³-hybridized carbons (Fsp3) is 0.632. The van der Waals surface area contributed by atoms with Crippen molar-refractivity contribution in [2.75, 3.05) is 13.6 Å². The molecule has 1 spiro atoms. The molecule has 1 saturated carbocycles. The lowest BCUT2D eigenvalue weighted by molar-refractivity contribution is -0.204. The minimum Gasteiger partial charge on any atom is -0.482 e. The third-order valence-corrected chi connectivity index (χ3v) is 6.94. The van der Waals surface area contributed by atoms with Crippen molar-refractivity contribution < 1.29 is 24.5 Å². The van der Waals surface area contributed by atoms with E-state index in [1.54, 1.807) is 6.07 Å². The second kappa shape index (κ2) is 4.75. The van der Waals surface area contributed by atoms with Crippen LogP contribution >= 0.6 is 0 Å². The normalized spacial score (nSPS) is 41.0. The van der Waals surface area contributed by atoms with Gasteiger partial charge in [0.05, 0.1) is 17.1 Å². The number of rotatable bonds is 1. The van der Waals surface area contributed by atoms with Gasteiger partial charge in [-0.25, -0.2) is 0 Å². The number of hydrogen-bond acceptors (Lipinski definition) is 6. The molecule has 2 heterocycles. The maximum absolute atomic E-state index is 11.8. The van der Waals surface area contributed by atoms with Gasteiger partial charge in [-0.3, -0.25) is 4.79 Å². The van der Waals surface area contributed by atoms with E-state index in [1.165, 1.54) is 6.92 Å². The van der Waals surface area contributed by atoms with Gasteiger partial charge in [0.15, 0.2) is 11.5 Å². The Labute approximate surface area is 146 Å². The van der Waals surface area contributed by atoms with Gasteiger partial charge in [-0.2, -0.15) is 0 Å². The molecule has 134 valence electrons. The Balaban J connectivity index is 1.79. The lowest BCUT2D eigenvalue weighted by Gasteiger charge is -2.63. The maximum Gasteiger partial charge on any atom is 0.308 e. The van der Waals surface area contributed by atoms with Crippen molar-refractivity contribution in [2.24, 2.45) is 0 Å². The molecule has 5 rings (SSSR count). The Bertz CT molecular complexity index is 779. The number of carbonyl (C=O) groups excluding carboxylic acids is 1. The number of aliphatic hydroxyl groups is 2. The Morgan fingerprint density at radius 2 is 2.20 bits per heavy atom. The van der Waals surface area contributed by atoms with Crippen molar-refractivity contribution in [3.8, 4) is 11.5 Å². The predicted molar refractivity (Wildman–Crippen MR) is 88.8 cm³/mol. The molecule has 2 fully saturated rings. The summed E-state index contributed by atoms with van der Waals surface area (Å²) in [6.45, 7) is 2.21. The molecule has 1 unspecified atom stereocenters. The van der Waals surface area contributed by atoms with Crippen molar-refractivity contribution in [3.63, 3.8) is 0 Å². The summed E-state index contributed by atoms with van der Waals surface area (Å²) in [6, 6.07) is 3.77. The zero-order valence-corrected chi connectivity index (χ0v) is 14.5. The largest absolute Gasteiger partial charge is 0.482 e. The molecule has 6 heteroatoms. The molecular formula is C19H23NO5. The Morgan fingerprint density at radius 1 is 1.40 bits per heavy atom. The van der Waals surface area contributed by atoms with Crippen molar-refractivity contribution in [3.05, 3.63) is 23.3 Å². The van der Waals surface area contributed by atoms with Crippen LogP contribution in [0, 0.1) is 0 Å². The van der Waals surface area contributed by atoms with E-state index in [4.69, 9.17) is 9.47 Å². The number of piperidine rings is 1. The van der Waals surface area contributed by atoms with Gasteiger partial charge in [-0.15, -0.1) is 0 Å². The summed E-state index contributed by atoms with van der Waals surface area (Å²) in [6.07, 6.45) is 1.41. The van der Waals surface area contributed by atoms with Crippen LogP contribution in [0.5, 0.6) is 11.5 Å². The van der Waals surface area contributed by atoms with Crippen LogP contribution in [0.4, 0.5) is 0 Å². The van der Waals surface area contributed by atoms with Crippen molar-refractivity contribution in [1.82, 2.24) is 4.90 Å². The van der Waals surface area contributed by atoms with Crippen LogP contribution in [-0.2, 0) is 16.6 Å². The van der Waals surface area contributed by atoms with Crippen molar-refractivity contribution >= 4 is 5.97 Å². The van der Waals surface area contributed by atoms with Crippen LogP contribution in [0.1, 0.15) is 37.3 Å². The summed E-state index contributed by atoms with van der Waals surface area (Å²) >= 11 is 0. The number of aliphatic hydroxyl groups excluding tert-OH is 1. The van der Waals surface area contributed by atoms with Gasteiger partial charge in [0, 0.05) is 18.5 Å². The van der Waals surface area contributed by atoms with Gasteiger partial charge in [0.1, 0.15) is 6.10 Å². The van der Waals surface area contributed by atoms with E-state index in [0.29, 0.717) is 24.3 Å². The molecule has 0 aromatic heterocycles. The summed E-state index contributed by atoms with van der Waals surface area (Å²) in [4.78, 5) is 13.7. The van der Waals surface area contributed by atoms with E-state index in [1.807, 2.05) is 6.07 Å². The minimum absolute atomic E-state index is 0.0119. The molecule has 2 bridgehead atoms. The van der Waals surface area contributed by atoms with E-state index in [2.05, 4.69) is 11.9 Å². The number of likely N-dealkylation sites (tertiary alicyclic amines) is 1. The van der Waals surface area contributed by atoms with Gasteiger partial charge in [-0.1, -0.05) is 6.07 Å². The molecule has 2 aliphatic carbocycles.